The fourth-order valence-corrected chi connectivity index (χ4v) is 5.11. The number of fused-ring (bicyclic) bond motifs is 1. The highest BCUT2D eigenvalue weighted by molar-refractivity contribution is 7.15. The van der Waals surface area contributed by atoms with Crippen molar-refractivity contribution in [1.29, 1.82) is 0 Å². The Morgan fingerprint density at radius 2 is 1.62 bits per heavy atom. The first-order valence-electron chi connectivity index (χ1n) is 9.58. The fraction of sp³-hybridized carbons (Fsp3) is 0.125. The summed E-state index contributed by atoms with van der Waals surface area (Å²) >= 11 is 1.71. The van der Waals surface area contributed by atoms with E-state index < -0.39 is 6.23 Å². The molecule has 2 aromatic heterocycles. The number of pyridine rings is 1. The van der Waals surface area contributed by atoms with Gasteiger partial charge in [0.2, 0.25) is 0 Å². The molecule has 0 spiro atoms. The van der Waals surface area contributed by atoms with Crippen LogP contribution in [0.3, 0.4) is 0 Å². The van der Waals surface area contributed by atoms with Gasteiger partial charge in [-0.3, -0.25) is 4.98 Å². The average Bonchev–Trinajstić information content (AvgIpc) is 3.27. The maximum absolute atomic E-state index is 11.3. The lowest BCUT2D eigenvalue weighted by Gasteiger charge is -2.47. The first-order chi connectivity index (χ1) is 14.2. The van der Waals surface area contributed by atoms with Gasteiger partial charge in [0.1, 0.15) is 6.17 Å². The number of rotatable bonds is 3. The summed E-state index contributed by atoms with van der Waals surface area (Å²) < 4.78 is 0. The molecule has 0 saturated carbocycles. The van der Waals surface area contributed by atoms with Gasteiger partial charge < -0.3 is 14.9 Å². The van der Waals surface area contributed by atoms with Crippen molar-refractivity contribution >= 4 is 22.7 Å². The fourth-order valence-electron chi connectivity index (χ4n) is 3.98. The number of aliphatic hydroxyl groups excluding tert-OH is 1. The van der Waals surface area contributed by atoms with Gasteiger partial charge in [0, 0.05) is 35.1 Å². The van der Waals surface area contributed by atoms with Crippen LogP contribution < -0.4 is 9.80 Å². The van der Waals surface area contributed by atoms with Gasteiger partial charge in [0.15, 0.2) is 6.23 Å². The Kier molecular flexibility index (Phi) is 4.54. The van der Waals surface area contributed by atoms with E-state index in [1.165, 1.54) is 0 Å². The van der Waals surface area contributed by atoms with Crippen LogP contribution in [-0.4, -0.2) is 17.1 Å². The van der Waals surface area contributed by atoms with E-state index in [4.69, 9.17) is 0 Å². The van der Waals surface area contributed by atoms with Crippen molar-refractivity contribution < 1.29 is 5.11 Å². The second-order valence-corrected chi connectivity index (χ2v) is 8.19. The second-order valence-electron chi connectivity index (χ2n) is 7.08. The number of hydrogen-bond donors (Lipinski definition) is 1. The quantitative estimate of drug-likeness (QED) is 0.497. The van der Waals surface area contributed by atoms with E-state index in [-0.39, 0.29) is 6.17 Å². The third kappa shape index (κ3) is 3.09. The molecular formula is C24H21N3OS. The van der Waals surface area contributed by atoms with Crippen molar-refractivity contribution in [3.05, 3.63) is 102 Å². The van der Waals surface area contributed by atoms with Crippen LogP contribution in [0.15, 0.2) is 91.1 Å². The van der Waals surface area contributed by atoms with Gasteiger partial charge in [0.05, 0.1) is 10.6 Å². The van der Waals surface area contributed by atoms with Gasteiger partial charge in [-0.2, -0.15) is 0 Å². The number of anilines is 2. The van der Waals surface area contributed by atoms with Crippen molar-refractivity contribution in [2.75, 3.05) is 16.8 Å². The van der Waals surface area contributed by atoms with Crippen molar-refractivity contribution in [3.8, 4) is 10.6 Å². The minimum Gasteiger partial charge on any atom is -0.369 e. The predicted octanol–water partition coefficient (Wildman–Crippen LogP) is 5.46. The Labute approximate surface area is 174 Å². The standard InChI is InChI=1S/C24H21N3OS/c1-26-20-13-6-5-11-18(20)24(28)27(17-9-3-2-4-10-17)23(26)22-15-14-21(29-22)19-12-7-8-16-25-19/h2-16,23-24,28H,1H3. The SMILES string of the molecule is CN1c2ccccc2C(O)N(c2ccccc2)C1c1ccc(-c2ccccn2)s1. The summed E-state index contributed by atoms with van der Waals surface area (Å²) in [4.78, 5) is 11.1. The lowest BCUT2D eigenvalue weighted by atomic mass is 10.0. The lowest BCUT2D eigenvalue weighted by Crippen LogP contribution is -2.46. The summed E-state index contributed by atoms with van der Waals surface area (Å²) in [6.45, 7) is 0. The zero-order chi connectivity index (χ0) is 19.8. The normalized spacial score (nSPS) is 18.6. The summed E-state index contributed by atoms with van der Waals surface area (Å²) in [5.74, 6) is 0. The van der Waals surface area contributed by atoms with E-state index in [1.54, 1.807) is 11.3 Å². The molecule has 4 nitrogen and oxygen atoms in total. The monoisotopic (exact) mass is 399 g/mol. The molecule has 0 saturated heterocycles. The maximum atomic E-state index is 11.3. The van der Waals surface area contributed by atoms with Gasteiger partial charge in [-0.05, 0) is 42.5 Å². The van der Waals surface area contributed by atoms with Crippen LogP contribution in [0.2, 0.25) is 0 Å². The number of benzene rings is 2. The first-order valence-corrected chi connectivity index (χ1v) is 10.4. The number of para-hydroxylation sites is 2. The van der Waals surface area contributed by atoms with Crippen LogP contribution in [0.1, 0.15) is 22.8 Å². The highest BCUT2D eigenvalue weighted by Crippen LogP contribution is 2.47. The van der Waals surface area contributed by atoms with Gasteiger partial charge in [-0.25, -0.2) is 0 Å². The van der Waals surface area contributed by atoms with E-state index in [2.05, 4.69) is 40.0 Å². The van der Waals surface area contributed by atoms with E-state index in [1.807, 2.05) is 72.9 Å². The molecule has 0 bridgehead atoms. The number of nitrogens with zero attached hydrogens (tertiary/aromatic N) is 3. The molecule has 1 aliphatic heterocycles. The molecule has 0 fully saturated rings. The smallest absolute Gasteiger partial charge is 0.157 e. The highest BCUT2D eigenvalue weighted by atomic mass is 32.1. The summed E-state index contributed by atoms with van der Waals surface area (Å²) in [6.07, 6.45) is 0.970. The summed E-state index contributed by atoms with van der Waals surface area (Å²) in [7, 11) is 2.09. The molecule has 29 heavy (non-hydrogen) atoms. The molecule has 5 heteroatoms. The van der Waals surface area contributed by atoms with Crippen molar-refractivity contribution in [2.45, 2.75) is 12.4 Å². The molecule has 5 rings (SSSR count). The highest BCUT2D eigenvalue weighted by Gasteiger charge is 2.38. The summed E-state index contributed by atoms with van der Waals surface area (Å²) in [6, 6.07) is 28.4. The Hall–Kier alpha value is -3.15. The van der Waals surface area contributed by atoms with Crippen LogP contribution in [0.25, 0.3) is 10.6 Å². The third-order valence-electron chi connectivity index (χ3n) is 5.34. The lowest BCUT2D eigenvalue weighted by molar-refractivity contribution is 0.153. The molecular weight excluding hydrogens is 378 g/mol. The largest absolute Gasteiger partial charge is 0.369 e. The van der Waals surface area contributed by atoms with Crippen molar-refractivity contribution in [2.24, 2.45) is 0 Å². The molecule has 0 aliphatic carbocycles. The maximum Gasteiger partial charge on any atom is 0.157 e. The zero-order valence-electron chi connectivity index (χ0n) is 16.0. The molecule has 2 aromatic carbocycles. The molecule has 0 radical (unpaired) electrons. The molecule has 2 atom stereocenters. The van der Waals surface area contributed by atoms with E-state index in [0.717, 1.165) is 32.4 Å². The van der Waals surface area contributed by atoms with Crippen molar-refractivity contribution in [1.82, 2.24) is 4.98 Å². The van der Waals surface area contributed by atoms with Crippen LogP contribution in [0.4, 0.5) is 11.4 Å². The predicted molar refractivity (Wildman–Crippen MR) is 119 cm³/mol. The summed E-state index contributed by atoms with van der Waals surface area (Å²) in [5, 5.41) is 11.3. The topological polar surface area (TPSA) is 39.6 Å². The Balaban J connectivity index is 1.64. The minimum absolute atomic E-state index is 0.121. The second kappa shape index (κ2) is 7.35. The van der Waals surface area contributed by atoms with E-state index >= 15 is 0 Å². The molecule has 144 valence electrons. The number of hydrogen-bond acceptors (Lipinski definition) is 5. The Morgan fingerprint density at radius 3 is 2.41 bits per heavy atom. The van der Waals surface area contributed by atoms with Crippen LogP contribution >= 0.6 is 11.3 Å². The molecule has 4 aromatic rings. The van der Waals surface area contributed by atoms with Crippen molar-refractivity contribution in [3.63, 3.8) is 0 Å². The average molecular weight is 400 g/mol. The van der Waals surface area contributed by atoms with E-state index in [9.17, 15) is 5.11 Å². The molecule has 3 heterocycles. The Bertz CT molecular complexity index is 1110. The minimum atomic E-state index is -0.727. The van der Waals surface area contributed by atoms with Crippen LogP contribution in [-0.2, 0) is 0 Å². The van der Waals surface area contributed by atoms with Crippen LogP contribution in [0, 0.1) is 0 Å². The molecule has 1 aliphatic rings. The first kappa shape index (κ1) is 17.9. The van der Waals surface area contributed by atoms with E-state index in [0.29, 0.717) is 0 Å². The summed E-state index contributed by atoms with van der Waals surface area (Å²) in [5.41, 5.74) is 3.91. The molecule has 2 unspecified atom stereocenters. The van der Waals surface area contributed by atoms with Gasteiger partial charge in [0.25, 0.3) is 0 Å². The van der Waals surface area contributed by atoms with Gasteiger partial charge >= 0.3 is 0 Å². The molecule has 1 N–H and O–H groups in total. The van der Waals surface area contributed by atoms with Gasteiger partial charge in [-0.1, -0.05) is 42.5 Å². The Morgan fingerprint density at radius 1 is 0.862 bits per heavy atom. The zero-order valence-corrected chi connectivity index (χ0v) is 16.8. The number of aliphatic hydroxyl groups is 1. The number of aromatic nitrogens is 1. The third-order valence-corrected chi connectivity index (χ3v) is 6.49. The number of thiophene rings is 1. The van der Waals surface area contributed by atoms with Crippen LogP contribution in [0.5, 0.6) is 0 Å². The molecule has 0 amide bonds. The van der Waals surface area contributed by atoms with Gasteiger partial charge in [-0.15, -0.1) is 11.3 Å².